The van der Waals surface area contributed by atoms with Gasteiger partial charge in [0, 0.05) is 12.7 Å². The molecule has 2 atom stereocenters. The van der Waals surface area contributed by atoms with Crippen LogP contribution in [0.15, 0.2) is 18.3 Å². The third kappa shape index (κ3) is 2.43. The number of aromatic nitrogens is 3. The highest BCUT2D eigenvalue weighted by Crippen LogP contribution is 2.30. The molecule has 2 heterocycles. The van der Waals surface area contributed by atoms with Gasteiger partial charge in [0.25, 0.3) is 0 Å². The summed E-state index contributed by atoms with van der Waals surface area (Å²) in [6.45, 7) is 3.29. The van der Waals surface area contributed by atoms with Crippen molar-refractivity contribution in [1.29, 1.82) is 0 Å². The van der Waals surface area contributed by atoms with Crippen LogP contribution in [0.3, 0.4) is 0 Å². The third-order valence-corrected chi connectivity index (χ3v) is 3.87. The van der Waals surface area contributed by atoms with Gasteiger partial charge in [-0.3, -0.25) is 0 Å². The van der Waals surface area contributed by atoms with Crippen LogP contribution in [-0.4, -0.2) is 21.1 Å². The number of nitrogens with one attached hydrogen (secondary N) is 1. The Morgan fingerprint density at radius 1 is 1.44 bits per heavy atom. The number of halogens is 1. The van der Waals surface area contributed by atoms with Gasteiger partial charge in [0.1, 0.15) is 0 Å². The minimum Gasteiger partial charge on any atom is -0.353 e. The van der Waals surface area contributed by atoms with E-state index in [0.29, 0.717) is 11.0 Å². The Kier molecular flexibility index (Phi) is 3.12. The quantitative estimate of drug-likeness (QED) is 0.926. The van der Waals surface area contributed by atoms with Gasteiger partial charge < -0.3 is 5.32 Å². The van der Waals surface area contributed by atoms with Crippen molar-refractivity contribution in [3.8, 4) is 0 Å². The Morgan fingerprint density at radius 2 is 2.33 bits per heavy atom. The van der Waals surface area contributed by atoms with E-state index < -0.39 is 0 Å². The normalized spacial score (nSPS) is 23.7. The summed E-state index contributed by atoms with van der Waals surface area (Å²) in [5.41, 5.74) is 0.821. The van der Waals surface area contributed by atoms with E-state index in [1.54, 1.807) is 10.7 Å². The zero-order valence-electron chi connectivity index (χ0n) is 10.4. The molecule has 4 nitrogen and oxygen atoms in total. The molecule has 2 aromatic rings. The SMILES string of the molecule is CC1CCC(CNc2nc3ccc(Cl)cn3n2)C1. The molecule has 0 saturated heterocycles. The lowest BCUT2D eigenvalue weighted by Gasteiger charge is -2.08. The van der Waals surface area contributed by atoms with Gasteiger partial charge in [0.05, 0.1) is 5.02 Å². The average Bonchev–Trinajstić information content (AvgIpc) is 2.92. The molecule has 0 bridgehead atoms. The summed E-state index contributed by atoms with van der Waals surface area (Å²) in [6.07, 6.45) is 5.74. The fourth-order valence-corrected chi connectivity index (χ4v) is 2.83. The third-order valence-electron chi connectivity index (χ3n) is 3.65. The summed E-state index contributed by atoms with van der Waals surface area (Å²) in [5, 5.41) is 8.36. The van der Waals surface area contributed by atoms with Gasteiger partial charge >= 0.3 is 0 Å². The maximum Gasteiger partial charge on any atom is 0.243 e. The fraction of sp³-hybridized carbons (Fsp3) is 0.538. The van der Waals surface area contributed by atoms with Gasteiger partial charge in [-0.15, -0.1) is 5.10 Å². The standard InChI is InChI=1S/C13H17ClN4/c1-9-2-3-10(6-9)7-15-13-16-12-5-4-11(14)8-18(12)17-13/h4-5,8-10H,2-3,6-7H2,1H3,(H,15,17). The average molecular weight is 265 g/mol. The van der Waals surface area contributed by atoms with Crippen molar-refractivity contribution in [3.63, 3.8) is 0 Å². The summed E-state index contributed by atoms with van der Waals surface area (Å²) in [6, 6.07) is 3.70. The topological polar surface area (TPSA) is 42.2 Å². The van der Waals surface area contributed by atoms with Crippen molar-refractivity contribution < 1.29 is 0 Å². The molecule has 96 valence electrons. The highest BCUT2D eigenvalue weighted by Gasteiger charge is 2.21. The van der Waals surface area contributed by atoms with Crippen LogP contribution < -0.4 is 5.32 Å². The maximum atomic E-state index is 5.92. The number of anilines is 1. The second kappa shape index (κ2) is 4.76. The molecule has 1 saturated carbocycles. The molecule has 1 aliphatic rings. The number of fused-ring (bicyclic) bond motifs is 1. The molecule has 0 aromatic carbocycles. The molecule has 0 aliphatic heterocycles. The maximum absolute atomic E-state index is 5.92. The van der Waals surface area contributed by atoms with Crippen molar-refractivity contribution in [3.05, 3.63) is 23.4 Å². The number of nitrogens with zero attached hydrogens (tertiary/aromatic N) is 3. The first-order valence-electron chi connectivity index (χ1n) is 6.46. The van der Waals surface area contributed by atoms with E-state index in [1.165, 1.54) is 19.3 Å². The van der Waals surface area contributed by atoms with E-state index >= 15 is 0 Å². The Hall–Kier alpha value is -1.29. The second-order valence-electron chi connectivity index (χ2n) is 5.25. The van der Waals surface area contributed by atoms with Crippen LogP contribution >= 0.6 is 11.6 Å². The molecule has 1 aliphatic carbocycles. The summed E-state index contributed by atoms with van der Waals surface area (Å²) >= 11 is 5.92. The summed E-state index contributed by atoms with van der Waals surface area (Å²) in [7, 11) is 0. The van der Waals surface area contributed by atoms with Crippen LogP contribution in [0, 0.1) is 11.8 Å². The van der Waals surface area contributed by atoms with Crippen LogP contribution in [0.25, 0.3) is 5.65 Å². The molecule has 5 heteroatoms. The van der Waals surface area contributed by atoms with Gasteiger partial charge in [-0.05, 0) is 36.8 Å². The molecule has 3 rings (SSSR count). The van der Waals surface area contributed by atoms with Crippen molar-refractivity contribution in [1.82, 2.24) is 14.6 Å². The van der Waals surface area contributed by atoms with E-state index in [-0.39, 0.29) is 0 Å². The number of rotatable bonds is 3. The van der Waals surface area contributed by atoms with Gasteiger partial charge in [-0.25, -0.2) is 4.52 Å². The lowest BCUT2D eigenvalue weighted by molar-refractivity contribution is 0.536. The summed E-state index contributed by atoms with van der Waals surface area (Å²) in [4.78, 5) is 4.42. The number of hydrogen-bond donors (Lipinski definition) is 1. The van der Waals surface area contributed by atoms with Crippen LogP contribution in [-0.2, 0) is 0 Å². The van der Waals surface area contributed by atoms with Gasteiger partial charge in [-0.1, -0.05) is 24.9 Å². The molecule has 0 spiro atoms. The van der Waals surface area contributed by atoms with Crippen molar-refractivity contribution in [2.45, 2.75) is 26.2 Å². The van der Waals surface area contributed by atoms with Crippen LogP contribution in [0.1, 0.15) is 26.2 Å². The van der Waals surface area contributed by atoms with E-state index in [4.69, 9.17) is 11.6 Å². The minimum absolute atomic E-state index is 0.670. The number of pyridine rings is 1. The predicted molar refractivity (Wildman–Crippen MR) is 73.0 cm³/mol. The Labute approximate surface area is 111 Å². The molecule has 0 amide bonds. The molecule has 18 heavy (non-hydrogen) atoms. The largest absolute Gasteiger partial charge is 0.353 e. The predicted octanol–water partition coefficient (Wildman–Crippen LogP) is 3.23. The zero-order chi connectivity index (χ0) is 12.5. The van der Waals surface area contributed by atoms with Gasteiger partial charge in [0.15, 0.2) is 5.65 Å². The minimum atomic E-state index is 0.670. The lowest BCUT2D eigenvalue weighted by atomic mass is 10.1. The summed E-state index contributed by atoms with van der Waals surface area (Å²) < 4.78 is 1.71. The van der Waals surface area contributed by atoms with Gasteiger partial charge in [0.2, 0.25) is 5.95 Å². The fourth-order valence-electron chi connectivity index (χ4n) is 2.68. The van der Waals surface area contributed by atoms with E-state index in [2.05, 4.69) is 22.3 Å². The second-order valence-corrected chi connectivity index (χ2v) is 5.69. The monoisotopic (exact) mass is 264 g/mol. The van der Waals surface area contributed by atoms with Crippen LogP contribution in [0.5, 0.6) is 0 Å². The van der Waals surface area contributed by atoms with Crippen molar-refractivity contribution in [2.75, 3.05) is 11.9 Å². The smallest absolute Gasteiger partial charge is 0.243 e. The van der Waals surface area contributed by atoms with Crippen molar-refractivity contribution >= 4 is 23.2 Å². The van der Waals surface area contributed by atoms with Crippen molar-refractivity contribution in [2.24, 2.45) is 11.8 Å². The first-order chi connectivity index (χ1) is 8.70. The molecule has 2 unspecified atom stereocenters. The van der Waals surface area contributed by atoms with E-state index in [0.717, 1.165) is 24.0 Å². The molecular weight excluding hydrogens is 248 g/mol. The molecular formula is C13H17ClN4. The Bertz CT molecular complexity index is 551. The highest BCUT2D eigenvalue weighted by atomic mass is 35.5. The van der Waals surface area contributed by atoms with E-state index in [9.17, 15) is 0 Å². The lowest BCUT2D eigenvalue weighted by Crippen LogP contribution is -2.12. The Balaban J connectivity index is 1.67. The molecule has 0 radical (unpaired) electrons. The Morgan fingerprint density at radius 3 is 3.11 bits per heavy atom. The molecule has 1 fully saturated rings. The van der Waals surface area contributed by atoms with Crippen LogP contribution in [0.4, 0.5) is 5.95 Å². The van der Waals surface area contributed by atoms with Crippen LogP contribution in [0.2, 0.25) is 5.02 Å². The highest BCUT2D eigenvalue weighted by molar-refractivity contribution is 6.30. The first-order valence-corrected chi connectivity index (χ1v) is 6.84. The van der Waals surface area contributed by atoms with E-state index in [1.807, 2.05) is 12.1 Å². The molecule has 1 N–H and O–H groups in total. The zero-order valence-corrected chi connectivity index (χ0v) is 11.2. The molecule has 2 aromatic heterocycles. The summed E-state index contributed by atoms with van der Waals surface area (Å²) in [5.74, 6) is 2.32. The van der Waals surface area contributed by atoms with Gasteiger partial charge in [-0.2, -0.15) is 4.98 Å². The number of hydrogen-bond acceptors (Lipinski definition) is 3. The first kappa shape index (κ1) is 11.8.